The topological polar surface area (TPSA) is 96.6 Å². The van der Waals surface area contributed by atoms with Crippen LogP contribution in [0.1, 0.15) is 39.2 Å². The summed E-state index contributed by atoms with van der Waals surface area (Å²) in [4.78, 5) is 18.5. The van der Waals surface area contributed by atoms with Gasteiger partial charge in [0.05, 0.1) is 19.4 Å². The number of ether oxygens (including phenoxy) is 3. The lowest BCUT2D eigenvalue weighted by molar-refractivity contribution is 0.0600. The monoisotopic (exact) mass is 501 g/mol. The van der Waals surface area contributed by atoms with E-state index in [0.29, 0.717) is 13.2 Å². The fraction of sp³-hybridized carbons (Fsp3) is 0.300. The number of nitrogens with zero attached hydrogens (tertiary/aromatic N) is 2. The van der Waals surface area contributed by atoms with Gasteiger partial charge in [-0.15, -0.1) is 0 Å². The maximum Gasteiger partial charge on any atom is 0.405 e. The zero-order valence-electron chi connectivity index (χ0n) is 21.7. The van der Waals surface area contributed by atoms with Gasteiger partial charge in [-0.2, -0.15) is 0 Å². The molecule has 0 aliphatic rings. The number of carbonyl (C=O) groups is 1. The third-order valence-corrected chi connectivity index (χ3v) is 5.16. The Hall–Kier alpha value is -3.97. The second-order valence-corrected chi connectivity index (χ2v) is 9.47. The van der Waals surface area contributed by atoms with E-state index in [1.165, 1.54) is 10.9 Å². The quantitative estimate of drug-likeness (QED) is 0.261. The number of hydrogen-bond acceptors (Lipinski definition) is 6. The third-order valence-electron chi connectivity index (χ3n) is 5.16. The van der Waals surface area contributed by atoms with Crippen LogP contribution >= 0.6 is 0 Å². The molecule has 0 spiro atoms. The standard InChI is InChI=1S/C25H24N2O2.C5H11NO2/c1-2-6-20(7-3-1)19-28-12-4-5-13-29-25-15-24(17-27-18-25)21-8-9-23-16-26-11-10-22(23)14-21;1-5(2,3)8-4(6)7/h1-3,6-11,14-18H,4-5,12-13,19H2;1-3H3,(H2,6,7). The summed E-state index contributed by atoms with van der Waals surface area (Å²) in [5.41, 5.74) is 7.64. The first-order chi connectivity index (χ1) is 17.8. The lowest BCUT2D eigenvalue weighted by Crippen LogP contribution is -2.27. The highest BCUT2D eigenvalue weighted by Crippen LogP contribution is 2.26. The van der Waals surface area contributed by atoms with Crippen molar-refractivity contribution in [1.82, 2.24) is 9.97 Å². The molecule has 2 aromatic carbocycles. The SMILES string of the molecule is CC(C)(C)OC(N)=O.c1ccc(COCCCCOc2cncc(-c3ccc4cnccc4c3)c2)cc1. The highest BCUT2D eigenvalue weighted by atomic mass is 16.6. The lowest BCUT2D eigenvalue weighted by atomic mass is 10.0. The van der Waals surface area contributed by atoms with Crippen molar-refractivity contribution in [1.29, 1.82) is 0 Å². The molecule has 0 fully saturated rings. The minimum absolute atomic E-state index is 0.453. The summed E-state index contributed by atoms with van der Waals surface area (Å²) < 4.78 is 16.2. The smallest absolute Gasteiger partial charge is 0.405 e. The number of benzene rings is 2. The molecule has 2 aromatic heterocycles. The molecule has 0 aliphatic carbocycles. The van der Waals surface area contributed by atoms with Crippen LogP contribution in [-0.4, -0.2) is 34.9 Å². The van der Waals surface area contributed by atoms with Gasteiger partial charge in [0.1, 0.15) is 11.4 Å². The lowest BCUT2D eigenvalue weighted by Gasteiger charge is -2.16. The van der Waals surface area contributed by atoms with E-state index in [1.807, 2.05) is 48.9 Å². The summed E-state index contributed by atoms with van der Waals surface area (Å²) >= 11 is 0. The number of carbonyl (C=O) groups excluding carboxylic acids is 1. The van der Waals surface area contributed by atoms with Crippen LogP contribution in [0.3, 0.4) is 0 Å². The zero-order chi connectivity index (χ0) is 26.5. The summed E-state index contributed by atoms with van der Waals surface area (Å²) in [7, 11) is 0. The fourth-order valence-electron chi connectivity index (χ4n) is 3.48. The van der Waals surface area contributed by atoms with E-state index in [-0.39, 0.29) is 0 Å². The Morgan fingerprint density at radius 1 is 0.838 bits per heavy atom. The summed E-state index contributed by atoms with van der Waals surface area (Å²) in [6.07, 6.45) is 8.51. The van der Waals surface area contributed by atoms with Crippen LogP contribution in [0, 0.1) is 0 Å². The van der Waals surface area contributed by atoms with Crippen molar-refractivity contribution in [2.75, 3.05) is 13.2 Å². The van der Waals surface area contributed by atoms with E-state index in [1.54, 1.807) is 27.0 Å². The van der Waals surface area contributed by atoms with Crippen LogP contribution in [-0.2, 0) is 16.1 Å². The average Bonchev–Trinajstić information content (AvgIpc) is 2.87. The molecule has 0 radical (unpaired) electrons. The number of pyridine rings is 2. The first-order valence-electron chi connectivity index (χ1n) is 12.3. The Kier molecular flexibility index (Phi) is 10.4. The molecule has 4 aromatic rings. The first-order valence-corrected chi connectivity index (χ1v) is 12.3. The van der Waals surface area contributed by atoms with E-state index < -0.39 is 11.7 Å². The molecule has 37 heavy (non-hydrogen) atoms. The van der Waals surface area contributed by atoms with Gasteiger partial charge in [0.2, 0.25) is 0 Å². The Bertz CT molecular complexity index is 1260. The minimum Gasteiger partial charge on any atom is -0.492 e. The van der Waals surface area contributed by atoms with Crippen LogP contribution in [0.25, 0.3) is 21.9 Å². The largest absolute Gasteiger partial charge is 0.492 e. The van der Waals surface area contributed by atoms with Crippen molar-refractivity contribution in [2.24, 2.45) is 5.73 Å². The predicted octanol–water partition coefficient (Wildman–Crippen LogP) is 6.55. The number of nitrogens with two attached hydrogens (primary N) is 1. The highest BCUT2D eigenvalue weighted by molar-refractivity contribution is 5.86. The number of rotatable bonds is 9. The third kappa shape index (κ3) is 10.3. The van der Waals surface area contributed by atoms with Gasteiger partial charge in [-0.05, 0) is 68.3 Å². The van der Waals surface area contributed by atoms with Crippen molar-refractivity contribution in [3.8, 4) is 16.9 Å². The van der Waals surface area contributed by atoms with Crippen molar-refractivity contribution in [3.05, 3.63) is 91.0 Å². The van der Waals surface area contributed by atoms with Crippen LogP contribution in [0.5, 0.6) is 5.75 Å². The molecule has 2 heterocycles. The van der Waals surface area contributed by atoms with Crippen molar-refractivity contribution in [3.63, 3.8) is 0 Å². The van der Waals surface area contributed by atoms with Gasteiger partial charge in [0, 0.05) is 36.1 Å². The van der Waals surface area contributed by atoms with Gasteiger partial charge < -0.3 is 19.9 Å². The fourth-order valence-corrected chi connectivity index (χ4v) is 3.48. The Morgan fingerprint density at radius 3 is 2.35 bits per heavy atom. The average molecular weight is 502 g/mol. The Morgan fingerprint density at radius 2 is 1.62 bits per heavy atom. The number of fused-ring (bicyclic) bond motifs is 1. The van der Waals surface area contributed by atoms with E-state index in [0.717, 1.165) is 41.7 Å². The summed E-state index contributed by atoms with van der Waals surface area (Å²) in [5.74, 6) is 0.794. The molecule has 0 unspecified atom stereocenters. The number of aromatic nitrogens is 2. The molecule has 194 valence electrons. The molecular formula is C30H35N3O4. The van der Waals surface area contributed by atoms with Gasteiger partial charge in [-0.25, -0.2) is 4.79 Å². The number of hydrogen-bond donors (Lipinski definition) is 1. The molecule has 2 N–H and O–H groups in total. The highest BCUT2D eigenvalue weighted by Gasteiger charge is 2.12. The van der Waals surface area contributed by atoms with Crippen LogP contribution < -0.4 is 10.5 Å². The second kappa shape index (κ2) is 13.9. The Balaban J connectivity index is 0.000000414. The maximum atomic E-state index is 10.0. The van der Waals surface area contributed by atoms with E-state index in [2.05, 4.69) is 45.0 Å². The van der Waals surface area contributed by atoms with Crippen molar-refractivity contribution >= 4 is 16.9 Å². The maximum absolute atomic E-state index is 10.0. The number of unbranched alkanes of at least 4 members (excludes halogenated alkanes) is 1. The van der Waals surface area contributed by atoms with Gasteiger partial charge in [-0.3, -0.25) is 9.97 Å². The first kappa shape index (κ1) is 27.6. The second-order valence-electron chi connectivity index (χ2n) is 9.47. The van der Waals surface area contributed by atoms with Crippen LogP contribution in [0.15, 0.2) is 85.5 Å². The van der Waals surface area contributed by atoms with E-state index >= 15 is 0 Å². The molecule has 7 nitrogen and oxygen atoms in total. The van der Waals surface area contributed by atoms with Crippen molar-refractivity contribution < 1.29 is 19.0 Å². The molecule has 0 saturated carbocycles. The van der Waals surface area contributed by atoms with Crippen LogP contribution in [0.4, 0.5) is 4.79 Å². The molecule has 0 aliphatic heterocycles. The van der Waals surface area contributed by atoms with E-state index in [4.69, 9.17) is 15.2 Å². The normalized spacial score (nSPS) is 10.9. The molecular weight excluding hydrogens is 466 g/mol. The Labute approximate surface area is 218 Å². The zero-order valence-corrected chi connectivity index (χ0v) is 21.7. The molecule has 7 heteroatoms. The summed E-state index contributed by atoms with van der Waals surface area (Å²) in [6, 6.07) is 20.6. The van der Waals surface area contributed by atoms with Gasteiger partial charge >= 0.3 is 6.09 Å². The van der Waals surface area contributed by atoms with Gasteiger partial charge in [-0.1, -0.05) is 42.5 Å². The predicted molar refractivity (Wildman–Crippen MR) is 146 cm³/mol. The molecule has 4 rings (SSSR count). The molecule has 0 atom stereocenters. The van der Waals surface area contributed by atoms with Crippen molar-refractivity contribution in [2.45, 2.75) is 45.8 Å². The number of amides is 1. The van der Waals surface area contributed by atoms with Gasteiger partial charge in [0.25, 0.3) is 0 Å². The minimum atomic E-state index is -0.725. The molecule has 0 saturated heterocycles. The molecule has 0 bridgehead atoms. The van der Waals surface area contributed by atoms with Gasteiger partial charge in [0.15, 0.2) is 0 Å². The summed E-state index contributed by atoms with van der Waals surface area (Å²) in [5, 5.41) is 2.30. The summed E-state index contributed by atoms with van der Waals surface area (Å²) in [6.45, 7) is 7.34. The number of primary amides is 1. The molecule has 1 amide bonds. The van der Waals surface area contributed by atoms with Crippen LogP contribution in [0.2, 0.25) is 0 Å². The van der Waals surface area contributed by atoms with E-state index in [9.17, 15) is 4.79 Å².